The minimum atomic E-state index is -0.383. The van der Waals surface area contributed by atoms with Crippen LogP contribution in [0.25, 0.3) is 0 Å². The summed E-state index contributed by atoms with van der Waals surface area (Å²) in [5.74, 6) is 0.402. The van der Waals surface area contributed by atoms with Gasteiger partial charge in [0.15, 0.2) is 0 Å². The number of rotatable bonds is 2. The van der Waals surface area contributed by atoms with Crippen molar-refractivity contribution in [2.75, 3.05) is 4.90 Å². The van der Waals surface area contributed by atoms with Crippen molar-refractivity contribution in [2.45, 2.75) is 6.04 Å². The maximum Gasteiger partial charge on any atom is 0.332 e. The fourth-order valence-electron chi connectivity index (χ4n) is 3.36. The SMILES string of the molecule is Cn1c2c(c(=O)n(C)c1=O)C(c1ccccc1)N(c1ccccc1)C=N2. The van der Waals surface area contributed by atoms with Gasteiger partial charge in [-0.3, -0.25) is 13.9 Å². The number of benzene rings is 2. The third-order valence-corrected chi connectivity index (χ3v) is 4.69. The Morgan fingerprint density at radius 3 is 2.12 bits per heavy atom. The Labute approximate surface area is 150 Å². The molecule has 0 N–H and O–H groups in total. The van der Waals surface area contributed by atoms with Gasteiger partial charge in [-0.05, 0) is 17.7 Å². The quantitative estimate of drug-likeness (QED) is 0.716. The van der Waals surface area contributed by atoms with E-state index in [0.717, 1.165) is 15.8 Å². The minimum Gasteiger partial charge on any atom is -0.320 e. The molecule has 0 fully saturated rings. The van der Waals surface area contributed by atoms with Crippen molar-refractivity contribution < 1.29 is 0 Å². The summed E-state index contributed by atoms with van der Waals surface area (Å²) in [7, 11) is 3.14. The highest BCUT2D eigenvalue weighted by Crippen LogP contribution is 2.37. The maximum atomic E-state index is 13.0. The van der Waals surface area contributed by atoms with Crippen molar-refractivity contribution in [3.05, 3.63) is 92.6 Å². The second kappa shape index (κ2) is 6.15. The Kier molecular flexibility index (Phi) is 3.80. The highest BCUT2D eigenvalue weighted by molar-refractivity contribution is 5.86. The number of aliphatic imine (C=N–C) groups is 1. The lowest BCUT2D eigenvalue weighted by atomic mass is 9.96. The van der Waals surface area contributed by atoms with Gasteiger partial charge >= 0.3 is 5.69 Å². The molecule has 0 aliphatic carbocycles. The summed E-state index contributed by atoms with van der Waals surface area (Å²) in [4.78, 5) is 31.7. The average Bonchev–Trinajstić information content (AvgIpc) is 2.71. The Balaban J connectivity index is 2.04. The summed E-state index contributed by atoms with van der Waals surface area (Å²) in [6.07, 6.45) is 1.69. The molecule has 0 radical (unpaired) electrons. The number of aromatic nitrogens is 2. The van der Waals surface area contributed by atoms with E-state index >= 15 is 0 Å². The van der Waals surface area contributed by atoms with Crippen LogP contribution in [0.2, 0.25) is 0 Å². The van der Waals surface area contributed by atoms with Gasteiger partial charge in [0.05, 0.1) is 17.9 Å². The zero-order valence-corrected chi connectivity index (χ0v) is 14.5. The van der Waals surface area contributed by atoms with E-state index in [1.165, 1.54) is 11.6 Å². The first-order valence-corrected chi connectivity index (χ1v) is 8.32. The average molecular weight is 346 g/mol. The van der Waals surface area contributed by atoms with E-state index in [9.17, 15) is 9.59 Å². The third-order valence-electron chi connectivity index (χ3n) is 4.69. The zero-order chi connectivity index (χ0) is 18.3. The van der Waals surface area contributed by atoms with Gasteiger partial charge in [0.25, 0.3) is 5.56 Å². The fraction of sp³-hybridized carbons (Fsp3) is 0.150. The second-order valence-electron chi connectivity index (χ2n) is 6.24. The molecule has 2 aromatic carbocycles. The Morgan fingerprint density at radius 2 is 1.46 bits per heavy atom. The molecule has 130 valence electrons. The van der Waals surface area contributed by atoms with Gasteiger partial charge in [0, 0.05) is 19.8 Å². The molecule has 1 unspecified atom stereocenters. The van der Waals surface area contributed by atoms with E-state index in [1.807, 2.05) is 65.6 Å². The van der Waals surface area contributed by atoms with Gasteiger partial charge in [-0.2, -0.15) is 0 Å². The lowest BCUT2D eigenvalue weighted by Gasteiger charge is -2.34. The molecule has 0 saturated heterocycles. The molecule has 1 aromatic heterocycles. The zero-order valence-electron chi connectivity index (χ0n) is 14.5. The van der Waals surface area contributed by atoms with Crippen LogP contribution in [0.1, 0.15) is 17.2 Å². The predicted octanol–water partition coefficient (Wildman–Crippen LogP) is 2.35. The lowest BCUT2D eigenvalue weighted by Crippen LogP contribution is -2.44. The van der Waals surface area contributed by atoms with Crippen LogP contribution in [0.4, 0.5) is 11.5 Å². The van der Waals surface area contributed by atoms with Crippen LogP contribution in [0.15, 0.2) is 75.2 Å². The van der Waals surface area contributed by atoms with Crippen molar-refractivity contribution in [2.24, 2.45) is 19.1 Å². The van der Waals surface area contributed by atoms with Gasteiger partial charge in [0.2, 0.25) is 0 Å². The summed E-state index contributed by atoms with van der Waals surface area (Å²) in [6.45, 7) is 0. The molecule has 1 aliphatic rings. The van der Waals surface area contributed by atoms with Crippen molar-refractivity contribution in [1.29, 1.82) is 0 Å². The Bertz CT molecular complexity index is 1100. The monoisotopic (exact) mass is 346 g/mol. The standard InChI is InChI=1S/C20H18N4O2/c1-22-18-16(19(25)23(2)20(22)26)17(14-9-5-3-6-10-14)24(13-21-18)15-11-7-4-8-12-15/h3-13,17H,1-2H3. The highest BCUT2D eigenvalue weighted by Gasteiger charge is 2.32. The number of anilines is 1. The number of fused-ring (bicyclic) bond motifs is 1. The summed E-state index contributed by atoms with van der Waals surface area (Å²) in [6, 6.07) is 19.2. The van der Waals surface area contributed by atoms with Gasteiger partial charge < -0.3 is 4.90 Å². The van der Waals surface area contributed by atoms with Crippen LogP contribution in [0.3, 0.4) is 0 Å². The molecule has 0 saturated carbocycles. The molecule has 0 bridgehead atoms. The molecule has 1 aliphatic heterocycles. The van der Waals surface area contributed by atoms with E-state index in [0.29, 0.717) is 11.4 Å². The van der Waals surface area contributed by atoms with E-state index < -0.39 is 0 Å². The summed E-state index contributed by atoms with van der Waals surface area (Å²) in [5, 5.41) is 0. The largest absolute Gasteiger partial charge is 0.332 e. The maximum absolute atomic E-state index is 13.0. The van der Waals surface area contributed by atoms with Gasteiger partial charge in [-0.25, -0.2) is 9.79 Å². The molecule has 0 amide bonds. The molecular weight excluding hydrogens is 328 g/mol. The van der Waals surface area contributed by atoms with Gasteiger partial charge in [-0.15, -0.1) is 0 Å². The minimum absolute atomic E-state index is 0.324. The van der Waals surface area contributed by atoms with E-state index in [1.54, 1.807) is 13.4 Å². The first-order valence-electron chi connectivity index (χ1n) is 8.32. The number of hydrogen-bond acceptors (Lipinski definition) is 4. The van der Waals surface area contributed by atoms with E-state index in [4.69, 9.17) is 0 Å². The normalized spacial score (nSPS) is 15.8. The van der Waals surface area contributed by atoms with Crippen molar-refractivity contribution in [3.63, 3.8) is 0 Å². The number of hydrogen-bond donors (Lipinski definition) is 0. The lowest BCUT2D eigenvalue weighted by molar-refractivity contribution is 0.651. The Hall–Kier alpha value is -3.41. The van der Waals surface area contributed by atoms with E-state index in [-0.39, 0.29) is 17.3 Å². The van der Waals surface area contributed by atoms with E-state index in [2.05, 4.69) is 4.99 Å². The van der Waals surface area contributed by atoms with Crippen LogP contribution in [-0.4, -0.2) is 15.5 Å². The van der Waals surface area contributed by atoms with Crippen LogP contribution in [0.5, 0.6) is 0 Å². The third kappa shape index (κ3) is 2.38. The molecule has 26 heavy (non-hydrogen) atoms. The van der Waals surface area contributed by atoms with Gasteiger partial charge in [-0.1, -0.05) is 48.5 Å². The van der Waals surface area contributed by atoms with Crippen molar-refractivity contribution in [1.82, 2.24) is 9.13 Å². The van der Waals surface area contributed by atoms with Crippen molar-refractivity contribution in [3.8, 4) is 0 Å². The summed E-state index contributed by atoms with van der Waals surface area (Å²) in [5.41, 5.74) is 1.67. The Morgan fingerprint density at radius 1 is 0.846 bits per heavy atom. The summed E-state index contributed by atoms with van der Waals surface area (Å²) >= 11 is 0. The molecule has 3 aromatic rings. The first kappa shape index (κ1) is 16.1. The molecule has 1 atom stereocenters. The number of para-hydroxylation sites is 1. The van der Waals surface area contributed by atoms with Crippen LogP contribution >= 0.6 is 0 Å². The number of nitrogens with zero attached hydrogens (tertiary/aromatic N) is 4. The fourth-order valence-corrected chi connectivity index (χ4v) is 3.36. The first-order chi connectivity index (χ1) is 12.6. The molecule has 4 rings (SSSR count). The summed E-state index contributed by atoms with van der Waals surface area (Å²) < 4.78 is 2.56. The molecule has 6 heteroatoms. The van der Waals surface area contributed by atoms with Crippen molar-refractivity contribution >= 4 is 17.8 Å². The van der Waals surface area contributed by atoms with Gasteiger partial charge in [0.1, 0.15) is 5.82 Å². The smallest absolute Gasteiger partial charge is 0.320 e. The predicted molar refractivity (Wildman–Crippen MR) is 102 cm³/mol. The topological polar surface area (TPSA) is 59.6 Å². The van der Waals surface area contributed by atoms with Crippen LogP contribution < -0.4 is 16.1 Å². The highest BCUT2D eigenvalue weighted by atomic mass is 16.2. The molecular formula is C20H18N4O2. The molecule has 0 spiro atoms. The van der Waals surface area contributed by atoms with Crippen LogP contribution in [0, 0.1) is 0 Å². The second-order valence-corrected chi connectivity index (χ2v) is 6.24. The van der Waals surface area contributed by atoms with Crippen LogP contribution in [-0.2, 0) is 14.1 Å². The molecule has 6 nitrogen and oxygen atoms in total. The molecule has 2 heterocycles.